The van der Waals surface area contributed by atoms with Crippen LogP contribution in [0.2, 0.25) is 5.02 Å². The lowest BCUT2D eigenvalue weighted by Gasteiger charge is -2.23. The molecule has 2 heterocycles. The van der Waals surface area contributed by atoms with Gasteiger partial charge in [0, 0.05) is 29.0 Å². The Morgan fingerprint density at radius 3 is 2.52 bits per heavy atom. The van der Waals surface area contributed by atoms with Gasteiger partial charge in [0.2, 0.25) is 5.01 Å². The molecule has 2 aromatic carbocycles. The molecule has 0 saturated carbocycles. The number of nitrogens with zero attached hydrogens (tertiary/aromatic N) is 3. The van der Waals surface area contributed by atoms with Gasteiger partial charge in [-0.05, 0) is 49.2 Å². The highest BCUT2D eigenvalue weighted by atomic mass is 35.5. The minimum absolute atomic E-state index is 0.0599. The van der Waals surface area contributed by atoms with E-state index in [1.165, 1.54) is 6.07 Å². The topological polar surface area (TPSA) is 87.2 Å². The van der Waals surface area contributed by atoms with E-state index in [4.69, 9.17) is 11.6 Å². The lowest BCUT2D eigenvalue weighted by Crippen LogP contribution is -2.34. The molecule has 1 saturated heterocycles. The second-order valence-corrected chi connectivity index (χ2v) is 8.26. The van der Waals surface area contributed by atoms with Crippen LogP contribution in [-0.2, 0) is 0 Å². The molecule has 7 nitrogen and oxygen atoms in total. The molecule has 1 atom stereocenters. The van der Waals surface area contributed by atoms with Crippen LogP contribution >= 0.6 is 22.9 Å². The van der Waals surface area contributed by atoms with Crippen molar-refractivity contribution in [3.63, 3.8) is 0 Å². The first kappa shape index (κ1) is 21.1. The molecule has 1 fully saturated rings. The lowest BCUT2D eigenvalue weighted by atomic mass is 10.2. The predicted octanol–water partition coefficient (Wildman–Crippen LogP) is 5.09. The Balaban J connectivity index is 1.44. The first-order chi connectivity index (χ1) is 14.9. The van der Waals surface area contributed by atoms with Crippen LogP contribution in [-0.4, -0.2) is 33.6 Å². The van der Waals surface area contributed by atoms with Gasteiger partial charge < -0.3 is 15.5 Å². The van der Waals surface area contributed by atoms with E-state index >= 15 is 0 Å². The summed E-state index contributed by atoms with van der Waals surface area (Å²) >= 11 is 6.92. The standard InChI is InChI=1S/C20H16ClF2N5O2S/c21-11-3-5-12(6-4-11)25-20(30)28-9-1-2-16(28)18-26-27-19(31-18)17(29)24-13-7-8-14(22)15(23)10-13/h3-8,10,16H,1-2,9H2,(H,24,29)(H,25,30)/t16-/m1/s1. The Labute approximate surface area is 185 Å². The zero-order chi connectivity index (χ0) is 22.0. The number of carbonyl (C=O) groups is 2. The molecule has 11 heteroatoms. The van der Waals surface area contributed by atoms with Crippen molar-refractivity contribution in [3.05, 3.63) is 69.1 Å². The minimum atomic E-state index is -1.07. The van der Waals surface area contributed by atoms with Crippen molar-refractivity contribution in [2.45, 2.75) is 18.9 Å². The molecule has 0 unspecified atom stereocenters. The van der Waals surface area contributed by atoms with Crippen molar-refractivity contribution in [2.75, 3.05) is 17.2 Å². The minimum Gasteiger partial charge on any atom is -0.320 e. The zero-order valence-electron chi connectivity index (χ0n) is 15.9. The summed E-state index contributed by atoms with van der Waals surface area (Å²) in [5.74, 6) is -2.66. The van der Waals surface area contributed by atoms with Gasteiger partial charge in [-0.15, -0.1) is 10.2 Å². The number of halogens is 3. The fraction of sp³-hybridized carbons (Fsp3) is 0.200. The van der Waals surface area contributed by atoms with Gasteiger partial charge in [-0.25, -0.2) is 13.6 Å². The van der Waals surface area contributed by atoms with Crippen molar-refractivity contribution in [2.24, 2.45) is 0 Å². The van der Waals surface area contributed by atoms with Gasteiger partial charge in [-0.3, -0.25) is 4.79 Å². The normalized spacial score (nSPS) is 15.7. The smallest absolute Gasteiger partial charge is 0.320 e. The molecule has 160 valence electrons. The van der Waals surface area contributed by atoms with E-state index in [9.17, 15) is 18.4 Å². The summed E-state index contributed by atoms with van der Waals surface area (Å²) in [6.07, 6.45) is 1.47. The maximum Gasteiger partial charge on any atom is 0.322 e. The van der Waals surface area contributed by atoms with Gasteiger partial charge in [0.05, 0.1) is 6.04 Å². The molecule has 1 aliphatic rings. The van der Waals surface area contributed by atoms with E-state index in [0.717, 1.165) is 29.9 Å². The van der Waals surface area contributed by atoms with E-state index in [0.29, 0.717) is 28.7 Å². The monoisotopic (exact) mass is 463 g/mol. The number of carbonyl (C=O) groups excluding carboxylic acids is 2. The zero-order valence-corrected chi connectivity index (χ0v) is 17.5. The third kappa shape index (κ3) is 4.80. The third-order valence-electron chi connectivity index (χ3n) is 4.71. The van der Waals surface area contributed by atoms with Crippen LogP contribution in [0.5, 0.6) is 0 Å². The molecule has 2 N–H and O–H groups in total. The van der Waals surface area contributed by atoms with E-state index in [-0.39, 0.29) is 22.8 Å². The Kier molecular flexibility index (Phi) is 6.10. The van der Waals surface area contributed by atoms with Crippen LogP contribution in [0.4, 0.5) is 25.0 Å². The SMILES string of the molecule is O=C(Nc1ccc(F)c(F)c1)c1nnc([C@H]2CCCN2C(=O)Nc2ccc(Cl)cc2)s1. The summed E-state index contributed by atoms with van der Waals surface area (Å²) in [5, 5.41) is 14.4. The first-order valence-corrected chi connectivity index (χ1v) is 10.5. The molecule has 1 aliphatic heterocycles. The maximum absolute atomic E-state index is 13.3. The van der Waals surface area contributed by atoms with Crippen LogP contribution in [0.15, 0.2) is 42.5 Å². The van der Waals surface area contributed by atoms with Crippen molar-refractivity contribution in [3.8, 4) is 0 Å². The molecule has 3 amide bonds. The summed E-state index contributed by atoms with van der Waals surface area (Å²) in [6, 6.07) is 9.23. The third-order valence-corrected chi connectivity index (χ3v) is 5.98. The van der Waals surface area contributed by atoms with Gasteiger partial charge in [-0.2, -0.15) is 0 Å². The summed E-state index contributed by atoms with van der Waals surface area (Å²) in [6.45, 7) is 0.542. The quantitative estimate of drug-likeness (QED) is 0.564. The molecule has 31 heavy (non-hydrogen) atoms. The Morgan fingerprint density at radius 1 is 1.03 bits per heavy atom. The first-order valence-electron chi connectivity index (χ1n) is 9.34. The number of anilines is 2. The van der Waals surface area contributed by atoms with Crippen molar-refractivity contribution in [1.29, 1.82) is 0 Å². The van der Waals surface area contributed by atoms with E-state index in [1.807, 2.05) is 0 Å². The number of amides is 3. The van der Waals surface area contributed by atoms with E-state index in [1.54, 1.807) is 29.2 Å². The largest absolute Gasteiger partial charge is 0.322 e. The van der Waals surface area contributed by atoms with Gasteiger partial charge in [-0.1, -0.05) is 22.9 Å². The van der Waals surface area contributed by atoms with E-state index < -0.39 is 17.5 Å². The van der Waals surface area contributed by atoms with Crippen molar-refractivity contribution in [1.82, 2.24) is 15.1 Å². The number of benzene rings is 2. The Morgan fingerprint density at radius 2 is 1.77 bits per heavy atom. The van der Waals surface area contributed by atoms with Crippen LogP contribution in [0.1, 0.15) is 33.7 Å². The van der Waals surface area contributed by atoms with Gasteiger partial charge in [0.25, 0.3) is 5.91 Å². The van der Waals surface area contributed by atoms with Crippen LogP contribution in [0, 0.1) is 11.6 Å². The van der Waals surface area contributed by atoms with E-state index in [2.05, 4.69) is 20.8 Å². The van der Waals surface area contributed by atoms with Gasteiger partial charge in [0.1, 0.15) is 5.01 Å². The lowest BCUT2D eigenvalue weighted by molar-refractivity contribution is 0.102. The molecule has 4 rings (SSSR count). The molecular weight excluding hydrogens is 448 g/mol. The summed E-state index contributed by atoms with van der Waals surface area (Å²) < 4.78 is 26.4. The maximum atomic E-state index is 13.3. The number of nitrogens with one attached hydrogen (secondary N) is 2. The molecule has 0 aliphatic carbocycles. The summed E-state index contributed by atoms with van der Waals surface area (Å²) in [4.78, 5) is 26.8. The van der Waals surface area contributed by atoms with Gasteiger partial charge >= 0.3 is 6.03 Å². The summed E-state index contributed by atoms with van der Waals surface area (Å²) in [7, 11) is 0. The Bertz CT molecular complexity index is 1130. The highest BCUT2D eigenvalue weighted by molar-refractivity contribution is 7.13. The summed E-state index contributed by atoms with van der Waals surface area (Å²) in [5.41, 5.74) is 0.717. The number of rotatable bonds is 4. The van der Waals surface area contributed by atoms with Crippen LogP contribution < -0.4 is 10.6 Å². The fourth-order valence-corrected chi connectivity index (χ4v) is 4.23. The second kappa shape index (κ2) is 8.94. The van der Waals surface area contributed by atoms with Gasteiger partial charge in [0.15, 0.2) is 11.6 Å². The molecule has 0 radical (unpaired) electrons. The number of likely N-dealkylation sites (tertiary alicyclic amines) is 1. The fourth-order valence-electron chi connectivity index (χ4n) is 3.21. The average Bonchev–Trinajstić information content (AvgIpc) is 3.42. The predicted molar refractivity (Wildman–Crippen MR) is 113 cm³/mol. The highest BCUT2D eigenvalue weighted by Gasteiger charge is 2.33. The number of aromatic nitrogens is 2. The molecule has 1 aromatic heterocycles. The average molecular weight is 464 g/mol. The van der Waals surface area contributed by atoms with Crippen LogP contribution in [0.25, 0.3) is 0 Å². The molecule has 3 aromatic rings. The number of urea groups is 1. The Hall–Kier alpha value is -3.11. The number of hydrogen-bond donors (Lipinski definition) is 2. The van der Waals surface area contributed by atoms with Crippen molar-refractivity contribution < 1.29 is 18.4 Å². The highest BCUT2D eigenvalue weighted by Crippen LogP contribution is 2.34. The van der Waals surface area contributed by atoms with Crippen LogP contribution in [0.3, 0.4) is 0 Å². The molecule has 0 bridgehead atoms. The number of hydrogen-bond acceptors (Lipinski definition) is 5. The molecule has 0 spiro atoms. The van der Waals surface area contributed by atoms with Crippen molar-refractivity contribution >= 4 is 46.3 Å². The molecular formula is C20H16ClF2N5O2S. The second-order valence-electron chi connectivity index (χ2n) is 6.82.